The molecule has 1 aliphatic heterocycles. The van der Waals surface area contributed by atoms with Gasteiger partial charge in [-0.15, -0.1) is 0 Å². The second-order valence-corrected chi connectivity index (χ2v) is 3.10. The van der Waals surface area contributed by atoms with Gasteiger partial charge in [0, 0.05) is 12.4 Å². The highest BCUT2D eigenvalue weighted by Gasteiger charge is 2.21. The van der Waals surface area contributed by atoms with E-state index in [2.05, 4.69) is 22.2 Å². The summed E-state index contributed by atoms with van der Waals surface area (Å²) in [6.07, 6.45) is 3.61. The number of rotatable bonds is 3. The summed E-state index contributed by atoms with van der Waals surface area (Å²) in [5.74, 6) is 0.988. The first-order chi connectivity index (χ1) is 5.86. The maximum absolute atomic E-state index is 5.06. The fraction of sp³-hybridized carbons (Fsp3) is 0.625. The van der Waals surface area contributed by atoms with Gasteiger partial charge < -0.3 is 15.0 Å². The Kier molecular flexibility index (Phi) is 2.10. The molecule has 66 valence electrons. The van der Waals surface area contributed by atoms with Gasteiger partial charge >= 0.3 is 0 Å². The van der Waals surface area contributed by atoms with Crippen molar-refractivity contribution in [2.75, 3.05) is 13.2 Å². The van der Waals surface area contributed by atoms with Crippen LogP contribution in [0.15, 0.2) is 12.4 Å². The molecule has 0 aliphatic carbocycles. The normalized spacial score (nSPS) is 20.4. The predicted octanol–water partition coefficient (Wildman–Crippen LogP) is 0.459. The van der Waals surface area contributed by atoms with E-state index < -0.39 is 0 Å². The zero-order valence-corrected chi connectivity index (χ0v) is 7.08. The third-order valence-corrected chi connectivity index (χ3v) is 2.05. The van der Waals surface area contributed by atoms with Crippen molar-refractivity contribution in [1.82, 2.24) is 15.3 Å². The summed E-state index contributed by atoms with van der Waals surface area (Å²) in [6, 6.07) is 0.791. The number of aromatic amines is 1. The van der Waals surface area contributed by atoms with Crippen LogP contribution in [0.25, 0.3) is 0 Å². The van der Waals surface area contributed by atoms with Crippen molar-refractivity contribution in [1.29, 1.82) is 0 Å². The summed E-state index contributed by atoms with van der Waals surface area (Å²) in [6.45, 7) is 3.74. The SMILES string of the molecule is CC(NC1COC1)c1ncc[nH]1. The van der Waals surface area contributed by atoms with E-state index in [-0.39, 0.29) is 6.04 Å². The molecule has 1 aliphatic rings. The van der Waals surface area contributed by atoms with Crippen molar-refractivity contribution in [3.63, 3.8) is 0 Å². The average molecular weight is 167 g/mol. The van der Waals surface area contributed by atoms with Crippen molar-refractivity contribution < 1.29 is 4.74 Å². The molecular formula is C8H13N3O. The molecule has 1 atom stereocenters. The van der Waals surface area contributed by atoms with Crippen LogP contribution in [-0.4, -0.2) is 29.2 Å². The number of hydrogen-bond acceptors (Lipinski definition) is 3. The maximum atomic E-state index is 5.06. The molecule has 1 saturated heterocycles. The van der Waals surface area contributed by atoms with E-state index in [1.165, 1.54) is 0 Å². The number of nitrogens with one attached hydrogen (secondary N) is 2. The first-order valence-corrected chi connectivity index (χ1v) is 4.19. The molecule has 1 aromatic rings. The van der Waals surface area contributed by atoms with Gasteiger partial charge in [-0.3, -0.25) is 0 Å². The van der Waals surface area contributed by atoms with Gasteiger partial charge in [0.2, 0.25) is 0 Å². The minimum absolute atomic E-state index is 0.286. The van der Waals surface area contributed by atoms with Crippen LogP contribution in [0.2, 0.25) is 0 Å². The molecule has 0 amide bonds. The summed E-state index contributed by atoms with van der Waals surface area (Å²) in [5, 5.41) is 3.40. The van der Waals surface area contributed by atoms with Crippen molar-refractivity contribution in [3.8, 4) is 0 Å². The number of ether oxygens (including phenoxy) is 1. The van der Waals surface area contributed by atoms with E-state index in [4.69, 9.17) is 4.74 Å². The van der Waals surface area contributed by atoms with Crippen LogP contribution in [0, 0.1) is 0 Å². The Hall–Kier alpha value is -0.870. The summed E-state index contributed by atoms with van der Waals surface area (Å²) < 4.78 is 5.06. The van der Waals surface area contributed by atoms with Gasteiger partial charge in [-0.05, 0) is 6.92 Å². The topological polar surface area (TPSA) is 49.9 Å². The molecule has 2 rings (SSSR count). The monoisotopic (exact) mass is 167 g/mol. The molecule has 4 heteroatoms. The Bertz CT molecular complexity index is 230. The molecule has 4 nitrogen and oxygen atoms in total. The lowest BCUT2D eigenvalue weighted by Gasteiger charge is -2.29. The smallest absolute Gasteiger partial charge is 0.122 e. The largest absolute Gasteiger partial charge is 0.378 e. The van der Waals surface area contributed by atoms with Gasteiger partial charge in [-0.2, -0.15) is 0 Å². The Morgan fingerprint density at radius 2 is 2.58 bits per heavy atom. The molecule has 1 fully saturated rings. The van der Waals surface area contributed by atoms with Gasteiger partial charge in [0.05, 0.1) is 25.3 Å². The number of imidazole rings is 1. The molecule has 0 bridgehead atoms. The highest BCUT2D eigenvalue weighted by molar-refractivity contribution is 4.95. The fourth-order valence-electron chi connectivity index (χ4n) is 1.28. The van der Waals surface area contributed by atoms with Gasteiger partial charge in [-0.1, -0.05) is 0 Å². The second kappa shape index (κ2) is 3.25. The van der Waals surface area contributed by atoms with Crippen LogP contribution in [0.3, 0.4) is 0 Å². The van der Waals surface area contributed by atoms with E-state index in [9.17, 15) is 0 Å². The summed E-state index contributed by atoms with van der Waals surface area (Å²) >= 11 is 0. The number of nitrogens with zero attached hydrogens (tertiary/aromatic N) is 1. The first kappa shape index (κ1) is 7.76. The highest BCUT2D eigenvalue weighted by atomic mass is 16.5. The van der Waals surface area contributed by atoms with E-state index in [0.717, 1.165) is 19.0 Å². The molecule has 1 unspecified atom stereocenters. The predicted molar refractivity (Wildman–Crippen MR) is 44.7 cm³/mol. The lowest BCUT2D eigenvalue weighted by Crippen LogP contribution is -2.46. The van der Waals surface area contributed by atoms with E-state index in [1.54, 1.807) is 6.20 Å². The van der Waals surface area contributed by atoms with Crippen molar-refractivity contribution in [3.05, 3.63) is 18.2 Å². The average Bonchev–Trinajstić information content (AvgIpc) is 2.47. The molecule has 2 N–H and O–H groups in total. The number of aromatic nitrogens is 2. The lowest BCUT2D eigenvalue weighted by atomic mass is 10.2. The van der Waals surface area contributed by atoms with Gasteiger partial charge in [0.15, 0.2) is 0 Å². The van der Waals surface area contributed by atoms with Crippen LogP contribution >= 0.6 is 0 Å². The summed E-state index contributed by atoms with van der Waals surface area (Å²) in [5.41, 5.74) is 0. The van der Waals surface area contributed by atoms with Crippen LogP contribution < -0.4 is 5.32 Å². The summed E-state index contributed by atoms with van der Waals surface area (Å²) in [4.78, 5) is 7.24. The van der Waals surface area contributed by atoms with E-state index >= 15 is 0 Å². The lowest BCUT2D eigenvalue weighted by molar-refractivity contribution is -0.00960. The van der Waals surface area contributed by atoms with Crippen molar-refractivity contribution in [2.45, 2.75) is 19.0 Å². The zero-order valence-electron chi connectivity index (χ0n) is 7.08. The number of H-pyrrole nitrogens is 1. The third-order valence-electron chi connectivity index (χ3n) is 2.05. The van der Waals surface area contributed by atoms with Crippen LogP contribution in [-0.2, 0) is 4.74 Å². The van der Waals surface area contributed by atoms with Crippen LogP contribution in [0.1, 0.15) is 18.8 Å². The van der Waals surface area contributed by atoms with Gasteiger partial charge in [0.25, 0.3) is 0 Å². The van der Waals surface area contributed by atoms with Crippen molar-refractivity contribution >= 4 is 0 Å². The zero-order chi connectivity index (χ0) is 8.39. The Morgan fingerprint density at radius 1 is 1.75 bits per heavy atom. The second-order valence-electron chi connectivity index (χ2n) is 3.10. The highest BCUT2D eigenvalue weighted by Crippen LogP contribution is 2.09. The number of hydrogen-bond donors (Lipinski definition) is 2. The quantitative estimate of drug-likeness (QED) is 0.687. The fourth-order valence-corrected chi connectivity index (χ4v) is 1.28. The molecule has 1 aromatic heterocycles. The van der Waals surface area contributed by atoms with Gasteiger partial charge in [-0.25, -0.2) is 4.98 Å². The van der Waals surface area contributed by atoms with E-state index in [1.807, 2.05) is 6.20 Å². The Morgan fingerprint density at radius 3 is 3.08 bits per heavy atom. The molecule has 2 heterocycles. The van der Waals surface area contributed by atoms with Crippen molar-refractivity contribution in [2.24, 2.45) is 0 Å². The molecule has 0 radical (unpaired) electrons. The first-order valence-electron chi connectivity index (χ1n) is 4.19. The molecule has 0 saturated carbocycles. The third kappa shape index (κ3) is 1.49. The Balaban J connectivity index is 1.87. The molecular weight excluding hydrogens is 154 g/mol. The van der Waals surface area contributed by atoms with Gasteiger partial charge in [0.1, 0.15) is 5.82 Å². The minimum atomic E-state index is 0.286. The summed E-state index contributed by atoms with van der Waals surface area (Å²) in [7, 11) is 0. The molecule has 0 aromatic carbocycles. The standard InChI is InChI=1S/C8H13N3O/c1-6(8-9-2-3-10-8)11-7-4-12-5-7/h2-3,6-7,11H,4-5H2,1H3,(H,9,10). The van der Waals surface area contributed by atoms with Crippen LogP contribution in [0.4, 0.5) is 0 Å². The van der Waals surface area contributed by atoms with Crippen LogP contribution in [0.5, 0.6) is 0 Å². The Labute approximate surface area is 71.3 Å². The molecule has 12 heavy (non-hydrogen) atoms. The van der Waals surface area contributed by atoms with E-state index in [0.29, 0.717) is 6.04 Å². The molecule has 0 spiro atoms. The minimum Gasteiger partial charge on any atom is -0.378 e. The maximum Gasteiger partial charge on any atom is 0.122 e.